The van der Waals surface area contributed by atoms with Gasteiger partial charge in [0.05, 0.1) is 10.1 Å². The van der Waals surface area contributed by atoms with Crippen LogP contribution in [0.4, 0.5) is 5.69 Å². The summed E-state index contributed by atoms with van der Waals surface area (Å²) in [5.74, 6) is 0.920. The lowest BCUT2D eigenvalue weighted by molar-refractivity contribution is -0.388. The molecule has 10 heteroatoms. The summed E-state index contributed by atoms with van der Waals surface area (Å²) in [7, 11) is -2.10. The van der Waals surface area contributed by atoms with Crippen LogP contribution in [0.5, 0.6) is 0 Å². The quantitative estimate of drug-likeness (QED) is 0.356. The van der Waals surface area contributed by atoms with Gasteiger partial charge in [0.2, 0.25) is 5.69 Å². The Kier molecular flexibility index (Phi) is 10.1. The van der Waals surface area contributed by atoms with Gasteiger partial charge in [-0.2, -0.15) is 0 Å². The van der Waals surface area contributed by atoms with Gasteiger partial charge in [-0.1, -0.05) is 30.3 Å². The number of thiocarbonyl (C=S) groups is 1. The molecule has 0 aliphatic heterocycles. The minimum atomic E-state index is -3.92. The second-order valence-corrected chi connectivity index (χ2v) is 8.44. The maximum Gasteiger partial charge on any atom is 0.220 e. The molecule has 0 amide bonds. The monoisotopic (exact) mass is 428 g/mol. The maximum absolute atomic E-state index is 9.08. The Morgan fingerprint density at radius 3 is 2.48 bits per heavy atom. The van der Waals surface area contributed by atoms with Crippen molar-refractivity contribution < 1.29 is 18.0 Å². The van der Waals surface area contributed by atoms with E-state index in [-0.39, 0.29) is 5.25 Å². The van der Waals surface area contributed by atoms with Crippen LogP contribution in [0.1, 0.15) is 16.5 Å². The lowest BCUT2D eigenvalue weighted by Crippen LogP contribution is -2.34. The van der Waals surface area contributed by atoms with Gasteiger partial charge in [-0.3, -0.25) is 0 Å². The van der Waals surface area contributed by atoms with Crippen LogP contribution in [0.15, 0.2) is 48.7 Å². The van der Waals surface area contributed by atoms with Crippen LogP contribution in [0.25, 0.3) is 0 Å². The van der Waals surface area contributed by atoms with Crippen molar-refractivity contribution in [2.45, 2.75) is 5.25 Å². The number of aromatic amines is 1. The van der Waals surface area contributed by atoms with Gasteiger partial charge in [0.15, 0.2) is 11.3 Å². The van der Waals surface area contributed by atoms with Crippen molar-refractivity contribution in [3.05, 3.63) is 59.9 Å². The molecule has 0 spiro atoms. The Morgan fingerprint density at radius 1 is 1.30 bits per heavy atom. The second kappa shape index (κ2) is 11.8. The van der Waals surface area contributed by atoms with Gasteiger partial charge < -0.3 is 20.9 Å². The number of nitrogens with one attached hydrogen (secondary N) is 3. The molecule has 1 aromatic heterocycles. The van der Waals surface area contributed by atoms with Crippen LogP contribution in [-0.2, 0) is 10.1 Å². The van der Waals surface area contributed by atoms with Gasteiger partial charge in [0.1, 0.15) is 10.9 Å². The zero-order chi connectivity index (χ0) is 20.3. The van der Waals surface area contributed by atoms with Gasteiger partial charge in [-0.25, -0.2) is 13.4 Å². The second-order valence-electron chi connectivity index (χ2n) is 5.41. The number of hydrogen-bond acceptors (Lipinski definition) is 6. The van der Waals surface area contributed by atoms with E-state index in [0.717, 1.165) is 23.7 Å². The highest BCUT2D eigenvalue weighted by molar-refractivity contribution is 7.99. The normalized spacial score (nSPS) is 11.7. The smallest absolute Gasteiger partial charge is 0.220 e. The van der Waals surface area contributed by atoms with E-state index < -0.39 is 10.1 Å². The number of rotatable bonds is 6. The van der Waals surface area contributed by atoms with Gasteiger partial charge in [-0.15, -0.1) is 11.8 Å². The number of anilines is 1. The summed E-state index contributed by atoms with van der Waals surface area (Å²) in [6.07, 6.45) is 2.52. The first-order valence-corrected chi connectivity index (χ1v) is 11.3. The van der Waals surface area contributed by atoms with E-state index in [4.69, 9.17) is 30.9 Å². The number of nitrogens with two attached hydrogens (primary N) is 1. The van der Waals surface area contributed by atoms with E-state index in [1.165, 1.54) is 5.56 Å². The molecule has 0 saturated heterocycles. The van der Waals surface area contributed by atoms with Crippen LogP contribution < -0.4 is 21.4 Å². The summed E-state index contributed by atoms with van der Waals surface area (Å²) in [5.41, 5.74) is 9.19. The van der Waals surface area contributed by atoms with E-state index in [1.807, 2.05) is 43.2 Å². The van der Waals surface area contributed by atoms with Gasteiger partial charge in [0, 0.05) is 31.7 Å². The fourth-order valence-corrected chi connectivity index (χ4v) is 3.37. The molecule has 0 radical (unpaired) electrons. The molecule has 7 nitrogen and oxygen atoms in total. The summed E-state index contributed by atoms with van der Waals surface area (Å²) in [4.78, 5) is 3.29. The van der Waals surface area contributed by atoms with Crippen molar-refractivity contribution in [1.29, 1.82) is 0 Å². The van der Waals surface area contributed by atoms with E-state index in [0.29, 0.717) is 11.4 Å². The van der Waals surface area contributed by atoms with E-state index in [2.05, 4.69) is 39.9 Å². The molecule has 2 rings (SSSR count). The lowest BCUT2D eigenvalue weighted by atomic mass is 10.1. The number of nitrogen functional groups attached to an aromatic ring is 1. The molecule has 1 heterocycles. The molecule has 27 heavy (non-hydrogen) atoms. The topological polar surface area (TPSA) is 121 Å². The molecular weight excluding hydrogens is 404 g/mol. The fraction of sp³-hybridized carbons (Fsp3) is 0.294. The highest BCUT2D eigenvalue weighted by Crippen LogP contribution is 2.35. The van der Waals surface area contributed by atoms with Gasteiger partial charge in [-0.05, 0) is 23.8 Å². The number of benzene rings is 1. The molecule has 0 aliphatic carbocycles. The average Bonchev–Trinajstić information content (AvgIpc) is 2.62. The standard InChI is InChI=1S/C16H20N4S2.CH4O3S/c1-18-16(21)20-10-11-22-15(12-6-3-2-4-7-12)14-13(17)8-5-9-19-14;1-5(2,3)4/h2-9,15H,10-11,17H2,1H3,(H2,18,20,21);1H3,(H,2,3,4). The number of H-pyrrole nitrogens is 1. The Hall–Kier alpha value is -1.88. The molecule has 5 N–H and O–H groups in total. The van der Waals surface area contributed by atoms with E-state index in [9.17, 15) is 0 Å². The van der Waals surface area contributed by atoms with Crippen molar-refractivity contribution in [1.82, 2.24) is 10.6 Å². The zero-order valence-corrected chi connectivity index (χ0v) is 17.6. The first kappa shape index (κ1) is 23.2. The van der Waals surface area contributed by atoms with Crippen LogP contribution in [0.3, 0.4) is 0 Å². The summed E-state index contributed by atoms with van der Waals surface area (Å²) in [6, 6.07) is 14.2. The predicted molar refractivity (Wildman–Crippen MR) is 113 cm³/mol. The third-order valence-corrected chi connectivity index (χ3v) is 4.82. The summed E-state index contributed by atoms with van der Waals surface area (Å²) in [5, 5.41) is 6.92. The molecule has 0 saturated carbocycles. The molecule has 0 aliphatic rings. The molecule has 148 valence electrons. The third kappa shape index (κ3) is 10.1. The van der Waals surface area contributed by atoms with Crippen LogP contribution in [0, 0.1) is 0 Å². The summed E-state index contributed by atoms with van der Waals surface area (Å²) < 4.78 is 27.2. The number of aromatic nitrogens is 1. The minimum Gasteiger partial charge on any atom is -0.748 e. The molecular formula is C17H24N4O3S3. The number of hydrogen-bond donors (Lipinski definition) is 3. The minimum absolute atomic E-state index is 0.173. The van der Waals surface area contributed by atoms with E-state index >= 15 is 0 Å². The molecule has 1 aromatic carbocycles. The molecule has 0 fully saturated rings. The Labute approximate surface area is 169 Å². The molecule has 2 aromatic rings. The highest BCUT2D eigenvalue weighted by atomic mass is 32.2. The Balaban J connectivity index is 0.000000646. The van der Waals surface area contributed by atoms with Crippen LogP contribution >= 0.6 is 24.0 Å². The first-order chi connectivity index (χ1) is 12.7. The number of pyridine rings is 1. The molecule has 1 atom stereocenters. The molecule has 0 bridgehead atoms. The van der Waals surface area contributed by atoms with Crippen LogP contribution in [0.2, 0.25) is 0 Å². The Bertz CT molecular complexity index is 809. The van der Waals surface area contributed by atoms with E-state index in [1.54, 1.807) is 0 Å². The van der Waals surface area contributed by atoms with Crippen molar-refractivity contribution in [3.8, 4) is 0 Å². The highest BCUT2D eigenvalue weighted by Gasteiger charge is 2.22. The average molecular weight is 429 g/mol. The van der Waals surface area contributed by atoms with Crippen molar-refractivity contribution in [2.75, 3.05) is 31.3 Å². The fourth-order valence-electron chi connectivity index (χ4n) is 2.09. The largest absolute Gasteiger partial charge is 0.748 e. The maximum atomic E-state index is 9.08. The summed E-state index contributed by atoms with van der Waals surface area (Å²) in [6.45, 7) is 0.806. The van der Waals surface area contributed by atoms with Gasteiger partial charge in [0.25, 0.3) is 0 Å². The van der Waals surface area contributed by atoms with Crippen LogP contribution in [-0.4, -0.2) is 43.7 Å². The Morgan fingerprint density at radius 2 is 1.93 bits per heavy atom. The SMILES string of the molecule is CNC(=S)NCCSC(c1ccccc1)c1[nH+]cccc1N.CS(=O)(=O)[O-]. The molecule has 1 unspecified atom stereocenters. The van der Waals surface area contributed by atoms with Gasteiger partial charge >= 0.3 is 0 Å². The lowest BCUT2D eigenvalue weighted by Gasteiger charge is -2.15. The van der Waals surface area contributed by atoms with Crippen molar-refractivity contribution >= 4 is 44.9 Å². The first-order valence-electron chi connectivity index (χ1n) is 8.01. The van der Waals surface area contributed by atoms with Crippen molar-refractivity contribution in [2.24, 2.45) is 0 Å². The van der Waals surface area contributed by atoms with Crippen molar-refractivity contribution in [3.63, 3.8) is 0 Å². The summed E-state index contributed by atoms with van der Waals surface area (Å²) >= 11 is 6.92. The number of thioether (sulfide) groups is 1. The third-order valence-electron chi connectivity index (χ3n) is 3.19. The predicted octanol–water partition coefficient (Wildman–Crippen LogP) is 1.16. The zero-order valence-electron chi connectivity index (χ0n) is 15.1.